The van der Waals surface area contributed by atoms with E-state index < -0.39 is 22.7 Å². The molecule has 0 saturated heterocycles. The molecule has 0 radical (unpaired) electrons. The molecule has 0 bridgehead atoms. The summed E-state index contributed by atoms with van der Waals surface area (Å²) in [6.07, 6.45) is 0. The van der Waals surface area contributed by atoms with Crippen LogP contribution in [0.3, 0.4) is 0 Å². The van der Waals surface area contributed by atoms with E-state index in [1.54, 1.807) is 4.78 Å². The molecule has 0 aliphatic heterocycles. The van der Waals surface area contributed by atoms with Gasteiger partial charge in [-0.05, 0) is 59.9 Å². The third kappa shape index (κ3) is 5.98. The van der Waals surface area contributed by atoms with Crippen molar-refractivity contribution in [3.63, 3.8) is 0 Å². The quantitative estimate of drug-likeness (QED) is 0.139. The second-order valence-electron chi connectivity index (χ2n) is 11.0. The molecule has 0 nitrogen and oxygen atoms in total. The number of rotatable bonds is 9. The van der Waals surface area contributed by atoms with Crippen molar-refractivity contribution in [3.05, 3.63) is 212 Å². The minimum absolute atomic E-state index is 0.965. The lowest BCUT2D eigenvalue weighted by Crippen LogP contribution is -2.34. The zero-order valence-electron chi connectivity index (χ0n) is 25.5. The fraction of sp³-hybridized carbons (Fsp3) is 0. The van der Waals surface area contributed by atoms with Gasteiger partial charge in [0.1, 0.15) is 0 Å². The van der Waals surface area contributed by atoms with Crippen molar-refractivity contribution in [1.82, 2.24) is 0 Å². The fourth-order valence-corrected chi connectivity index (χ4v) is 21.1. The van der Waals surface area contributed by atoms with Crippen molar-refractivity contribution in [2.75, 3.05) is 0 Å². The number of hydrogen-bond acceptors (Lipinski definition) is 0. The molecule has 0 aliphatic rings. The molecule has 46 heavy (non-hydrogen) atoms. The second kappa shape index (κ2) is 14.4. The molecular weight excluding hydrogens is 609 g/mol. The topological polar surface area (TPSA) is 0 Å². The van der Waals surface area contributed by atoms with Crippen LogP contribution in [-0.2, 0) is 0 Å². The van der Waals surface area contributed by atoms with Crippen molar-refractivity contribution < 1.29 is 0 Å². The van der Waals surface area contributed by atoms with E-state index in [1.165, 1.54) is 37.1 Å². The molecule has 7 aromatic rings. The predicted molar refractivity (Wildman–Crippen MR) is 208 cm³/mol. The third-order valence-corrected chi connectivity index (χ3v) is 20.3. The Morgan fingerprint density at radius 3 is 0.674 bits per heavy atom. The summed E-state index contributed by atoms with van der Waals surface area (Å²) in [6, 6.07) is 79.4. The molecule has 0 atom stereocenters. The van der Waals surface area contributed by atoms with Gasteiger partial charge in [-0.15, -0.1) is 0 Å². The maximum Gasteiger partial charge on any atom is 0.00535 e. The van der Waals surface area contributed by atoms with Crippen molar-refractivity contribution in [2.45, 2.75) is 0 Å². The average molecular weight is 645 g/mol. The Balaban J connectivity index is 1.80. The Kier molecular flexibility index (Phi) is 9.52. The van der Waals surface area contributed by atoms with E-state index >= 15 is 0 Å². The van der Waals surface area contributed by atoms with E-state index in [1.807, 2.05) is 0 Å². The molecule has 0 aliphatic carbocycles. The molecule has 0 N–H and O–H groups in total. The summed E-state index contributed by atoms with van der Waals surface area (Å²) in [6.45, 7) is -2.46. The SMILES string of the molecule is c1ccc(P(C(P(c2ccccc2)c2ccccc2)=P(c2ccccc2)(c2ccccc2)c2ccccc2)c2ccccc2)cc1. The van der Waals surface area contributed by atoms with Gasteiger partial charge in [0.25, 0.3) is 0 Å². The van der Waals surface area contributed by atoms with Crippen LogP contribution in [0.15, 0.2) is 212 Å². The second-order valence-corrected chi connectivity index (χ2v) is 19.7. The molecule has 0 heterocycles. The van der Waals surface area contributed by atoms with Crippen molar-refractivity contribution >= 4 is 64.6 Å². The summed E-state index contributed by atoms with van der Waals surface area (Å²) in [7, 11) is -1.93. The monoisotopic (exact) mass is 644 g/mol. The Labute approximate surface area is 275 Å². The normalized spacial score (nSPS) is 11.4. The summed E-state index contributed by atoms with van der Waals surface area (Å²) in [5, 5.41) is 9.69. The molecule has 0 amide bonds. The van der Waals surface area contributed by atoms with Crippen LogP contribution in [0.25, 0.3) is 0 Å². The van der Waals surface area contributed by atoms with Crippen LogP contribution in [0.4, 0.5) is 0 Å². The molecule has 0 unspecified atom stereocenters. The Morgan fingerprint density at radius 2 is 0.457 bits per heavy atom. The molecule has 0 saturated carbocycles. The van der Waals surface area contributed by atoms with Crippen LogP contribution in [0.5, 0.6) is 0 Å². The first-order chi connectivity index (χ1) is 22.9. The highest BCUT2D eigenvalue weighted by Gasteiger charge is 2.39. The van der Waals surface area contributed by atoms with Crippen LogP contribution >= 0.6 is 22.7 Å². The first-order valence-corrected chi connectivity index (χ1v) is 20.1. The lowest BCUT2D eigenvalue weighted by Gasteiger charge is -2.40. The Bertz CT molecular complexity index is 1750. The third-order valence-electron chi connectivity index (χ3n) is 8.19. The maximum atomic E-state index is 2.39. The Hall–Kier alpha value is -4.30. The molecule has 0 fully saturated rings. The molecule has 3 heteroatoms. The van der Waals surface area contributed by atoms with Gasteiger partial charge in [-0.1, -0.05) is 212 Å². The zero-order chi connectivity index (χ0) is 31.0. The van der Waals surface area contributed by atoms with Gasteiger partial charge in [0, 0.05) is 4.78 Å². The van der Waals surface area contributed by atoms with E-state index in [9.17, 15) is 0 Å². The largest absolute Gasteiger partial charge is 0.0622 e. The van der Waals surface area contributed by atoms with Gasteiger partial charge in [0.15, 0.2) is 0 Å². The molecule has 7 rings (SSSR count). The number of hydrogen-bond donors (Lipinski definition) is 0. The van der Waals surface area contributed by atoms with Crippen molar-refractivity contribution in [3.8, 4) is 0 Å². The summed E-state index contributed by atoms with van der Waals surface area (Å²) < 4.78 is 1.64. The van der Waals surface area contributed by atoms with E-state index in [-0.39, 0.29) is 0 Å². The predicted octanol–water partition coefficient (Wildman–Crippen LogP) is 8.33. The molecule has 222 valence electrons. The van der Waals surface area contributed by atoms with E-state index in [2.05, 4.69) is 212 Å². The minimum Gasteiger partial charge on any atom is -0.0622 e. The minimum atomic E-state index is -2.46. The van der Waals surface area contributed by atoms with Gasteiger partial charge in [-0.25, -0.2) is 0 Å². The van der Waals surface area contributed by atoms with Crippen LogP contribution < -0.4 is 37.1 Å². The van der Waals surface area contributed by atoms with Crippen LogP contribution in [0, 0.1) is 0 Å². The van der Waals surface area contributed by atoms with Gasteiger partial charge in [0.2, 0.25) is 0 Å². The smallest absolute Gasteiger partial charge is 0.00535 e. The van der Waals surface area contributed by atoms with Crippen LogP contribution in [0.1, 0.15) is 0 Å². The lowest BCUT2D eigenvalue weighted by molar-refractivity contribution is 1.73. The van der Waals surface area contributed by atoms with Gasteiger partial charge < -0.3 is 0 Å². The van der Waals surface area contributed by atoms with Gasteiger partial charge in [0.05, 0.1) is 0 Å². The van der Waals surface area contributed by atoms with E-state index in [0.29, 0.717) is 0 Å². The van der Waals surface area contributed by atoms with E-state index in [0.717, 1.165) is 0 Å². The van der Waals surface area contributed by atoms with E-state index in [4.69, 9.17) is 0 Å². The number of benzene rings is 7. The first kappa shape index (κ1) is 30.4. The van der Waals surface area contributed by atoms with Crippen LogP contribution in [-0.4, -0.2) is 4.78 Å². The molecule has 0 aromatic heterocycles. The highest BCUT2D eigenvalue weighted by atomic mass is 31.2. The van der Waals surface area contributed by atoms with Crippen LogP contribution in [0.2, 0.25) is 0 Å². The summed E-state index contributed by atoms with van der Waals surface area (Å²) in [5.74, 6) is 0. The fourth-order valence-electron chi connectivity index (χ4n) is 6.22. The van der Waals surface area contributed by atoms with Gasteiger partial charge >= 0.3 is 0 Å². The molecule has 7 aromatic carbocycles. The average Bonchev–Trinajstić information content (AvgIpc) is 3.15. The molecule has 0 spiro atoms. The molecular formula is C43H35P3. The standard InChI is InChI=1S/C43H35P3/c1-8-22-36(23-9-1)44(37-24-10-2-11-25-37)43(45(38-26-12-3-13-27-38)39-28-14-4-15-29-39)46(40-30-16-5-17-31-40,41-32-18-6-19-33-41)42-34-20-7-21-35-42/h1-35H. The highest BCUT2D eigenvalue weighted by molar-refractivity contribution is 8.27. The van der Waals surface area contributed by atoms with Gasteiger partial charge in [-0.3, -0.25) is 0 Å². The highest BCUT2D eigenvalue weighted by Crippen LogP contribution is 2.64. The summed E-state index contributed by atoms with van der Waals surface area (Å²) >= 11 is 0. The summed E-state index contributed by atoms with van der Waals surface area (Å²) in [4.78, 5) is 0. The van der Waals surface area contributed by atoms with Crippen molar-refractivity contribution in [1.29, 1.82) is 0 Å². The zero-order valence-corrected chi connectivity index (χ0v) is 28.2. The maximum absolute atomic E-state index is 2.46. The lowest BCUT2D eigenvalue weighted by atomic mass is 10.4. The Morgan fingerprint density at radius 1 is 0.261 bits per heavy atom. The van der Waals surface area contributed by atoms with Gasteiger partial charge in [-0.2, -0.15) is 0 Å². The summed E-state index contributed by atoms with van der Waals surface area (Å²) in [5.41, 5.74) is 0. The first-order valence-electron chi connectivity index (χ1n) is 15.6. The van der Waals surface area contributed by atoms with Crippen molar-refractivity contribution in [2.24, 2.45) is 0 Å².